The Morgan fingerprint density at radius 1 is 1.17 bits per heavy atom. The molecule has 0 aliphatic heterocycles. The molecular formula is C21H22O3. The van der Waals surface area contributed by atoms with Gasteiger partial charge in [-0.2, -0.15) is 0 Å². The summed E-state index contributed by atoms with van der Waals surface area (Å²) in [5.74, 6) is 6.38. The first-order chi connectivity index (χ1) is 11.7. The number of fused-ring (bicyclic) bond motifs is 1. The number of hydrogen-bond acceptors (Lipinski definition) is 2. The molecule has 3 nitrogen and oxygen atoms in total. The quantitative estimate of drug-likeness (QED) is 0.499. The summed E-state index contributed by atoms with van der Waals surface area (Å²) in [6.45, 7) is 0. The van der Waals surface area contributed by atoms with E-state index in [1.54, 1.807) is 0 Å². The zero-order valence-electron chi connectivity index (χ0n) is 13.9. The second-order valence-electron chi connectivity index (χ2n) is 5.69. The lowest BCUT2D eigenvalue weighted by Gasteiger charge is -1.98. The highest BCUT2D eigenvalue weighted by molar-refractivity contribution is 5.83. The van der Waals surface area contributed by atoms with Gasteiger partial charge in [0.1, 0.15) is 0 Å². The summed E-state index contributed by atoms with van der Waals surface area (Å²) in [5.41, 5.74) is 1.15. The molecule has 2 aromatic carbocycles. The lowest BCUT2D eigenvalue weighted by Crippen LogP contribution is -1.86. The normalized spacial score (nSPS) is 13.9. The molecular weight excluding hydrogens is 300 g/mol. The van der Waals surface area contributed by atoms with Gasteiger partial charge in [-0.05, 0) is 35.7 Å². The Labute approximate surface area is 143 Å². The van der Waals surface area contributed by atoms with Crippen LogP contribution in [0.15, 0.2) is 54.8 Å². The number of hydrogen-bond donors (Lipinski definition) is 1. The van der Waals surface area contributed by atoms with Crippen LogP contribution in [0.3, 0.4) is 0 Å². The highest BCUT2D eigenvalue weighted by atomic mass is 16.5. The van der Waals surface area contributed by atoms with Crippen molar-refractivity contribution in [2.45, 2.75) is 25.7 Å². The van der Waals surface area contributed by atoms with Gasteiger partial charge in [0, 0.05) is 11.5 Å². The van der Waals surface area contributed by atoms with E-state index in [1.165, 1.54) is 43.6 Å². The predicted molar refractivity (Wildman–Crippen MR) is 96.6 cm³/mol. The molecule has 1 N–H and O–H groups in total. The Balaban J connectivity index is 0.000000256. The van der Waals surface area contributed by atoms with Crippen molar-refractivity contribution in [2.75, 3.05) is 7.11 Å². The van der Waals surface area contributed by atoms with Gasteiger partial charge in [0.25, 0.3) is 0 Å². The fourth-order valence-electron chi connectivity index (χ4n) is 2.65. The first kappa shape index (κ1) is 17.6. The molecule has 0 heterocycles. The van der Waals surface area contributed by atoms with Gasteiger partial charge in [-0.1, -0.05) is 55.0 Å². The van der Waals surface area contributed by atoms with Crippen molar-refractivity contribution in [1.29, 1.82) is 0 Å². The summed E-state index contributed by atoms with van der Waals surface area (Å²) in [5, 5.41) is 10.5. The summed E-state index contributed by atoms with van der Waals surface area (Å²) in [7, 11) is 1.39. The summed E-state index contributed by atoms with van der Waals surface area (Å²) < 4.78 is 4.29. The smallest absolute Gasteiger partial charge is 0.331 e. The maximum atomic E-state index is 9.59. The average molecular weight is 322 g/mol. The zero-order chi connectivity index (χ0) is 17.2. The second-order valence-corrected chi connectivity index (χ2v) is 5.69. The Bertz CT molecular complexity index is 759. The van der Waals surface area contributed by atoms with Crippen LogP contribution in [0, 0.1) is 17.8 Å². The van der Waals surface area contributed by atoms with E-state index in [-0.39, 0.29) is 0 Å². The van der Waals surface area contributed by atoms with Crippen LogP contribution in [0.2, 0.25) is 0 Å². The van der Waals surface area contributed by atoms with Crippen molar-refractivity contribution < 1.29 is 14.6 Å². The van der Waals surface area contributed by atoms with Crippen LogP contribution in [0.4, 0.5) is 0 Å². The molecule has 124 valence electrons. The number of carboxylic acid groups (broad SMARTS) is 1. The molecule has 1 aliphatic carbocycles. The lowest BCUT2D eigenvalue weighted by atomic mass is 10.1. The Hall–Kier alpha value is -2.73. The molecule has 3 heteroatoms. The van der Waals surface area contributed by atoms with Gasteiger partial charge in [-0.25, -0.2) is 4.79 Å². The summed E-state index contributed by atoms with van der Waals surface area (Å²) in [6.07, 6.45) is 7.32. The molecule has 0 saturated heterocycles. The number of rotatable bonds is 2. The molecule has 0 radical (unpaired) electrons. The molecule has 1 fully saturated rings. The van der Waals surface area contributed by atoms with Gasteiger partial charge in [0.05, 0.1) is 19.4 Å². The van der Waals surface area contributed by atoms with Crippen LogP contribution in [0.5, 0.6) is 0 Å². The van der Waals surface area contributed by atoms with Crippen LogP contribution in [0.1, 0.15) is 31.2 Å². The van der Waals surface area contributed by atoms with Crippen LogP contribution in [-0.4, -0.2) is 18.2 Å². The predicted octanol–water partition coefficient (Wildman–Crippen LogP) is 4.61. The number of carbonyl (C=O) groups is 1. The van der Waals surface area contributed by atoms with Crippen LogP contribution < -0.4 is 0 Å². The fourth-order valence-corrected chi connectivity index (χ4v) is 2.65. The van der Waals surface area contributed by atoms with Crippen molar-refractivity contribution in [3.63, 3.8) is 0 Å². The summed E-state index contributed by atoms with van der Waals surface area (Å²) in [4.78, 5) is 9.59. The Kier molecular flexibility index (Phi) is 6.91. The van der Waals surface area contributed by atoms with Gasteiger partial charge in [0.2, 0.25) is 0 Å². The van der Waals surface area contributed by atoms with Crippen molar-refractivity contribution in [2.24, 2.45) is 5.92 Å². The minimum Gasteiger partial charge on any atom is -0.504 e. The molecule has 0 aromatic heterocycles. The first-order valence-corrected chi connectivity index (χ1v) is 8.11. The molecule has 24 heavy (non-hydrogen) atoms. The maximum Gasteiger partial charge on any atom is 0.331 e. The highest BCUT2D eigenvalue weighted by Crippen LogP contribution is 2.24. The third-order valence-electron chi connectivity index (χ3n) is 3.87. The topological polar surface area (TPSA) is 46.5 Å². The van der Waals surface area contributed by atoms with Gasteiger partial charge in [0.15, 0.2) is 0 Å². The van der Waals surface area contributed by atoms with Crippen molar-refractivity contribution in [3.8, 4) is 11.8 Å². The number of methoxy groups -OCH3 is 1. The van der Waals surface area contributed by atoms with Crippen LogP contribution in [0.25, 0.3) is 10.8 Å². The summed E-state index contributed by atoms with van der Waals surface area (Å²) >= 11 is 0. The first-order valence-electron chi connectivity index (χ1n) is 8.11. The van der Waals surface area contributed by atoms with Gasteiger partial charge in [-0.3, -0.25) is 0 Å². The van der Waals surface area contributed by atoms with Gasteiger partial charge >= 0.3 is 5.97 Å². The standard InChI is InChI=1S/C17H16.C4H6O3/c1-2-6-14(5-1)9-10-15-11-12-16-7-3-4-8-17(16)13-15;1-7-3-2-4(5)6/h3-4,7-8,11-14H,1-2,5-6H2;2-3H,1H3,(H,5,6). The minimum atomic E-state index is -0.998. The summed E-state index contributed by atoms with van der Waals surface area (Å²) in [6, 6.07) is 14.9. The molecule has 0 spiro atoms. The van der Waals surface area contributed by atoms with E-state index < -0.39 is 5.97 Å². The number of carboxylic acids is 1. The molecule has 2 aromatic rings. The maximum absolute atomic E-state index is 9.59. The number of benzene rings is 2. The van der Waals surface area contributed by atoms with Crippen LogP contribution >= 0.6 is 0 Å². The molecule has 0 atom stereocenters. The third kappa shape index (κ3) is 5.81. The van der Waals surface area contributed by atoms with E-state index in [1.807, 2.05) is 0 Å². The molecule has 1 saturated carbocycles. The third-order valence-corrected chi connectivity index (χ3v) is 3.87. The van der Waals surface area contributed by atoms with Crippen molar-refractivity contribution in [1.82, 2.24) is 0 Å². The van der Waals surface area contributed by atoms with Crippen molar-refractivity contribution >= 4 is 16.7 Å². The largest absolute Gasteiger partial charge is 0.504 e. The molecule has 0 amide bonds. The zero-order valence-corrected chi connectivity index (χ0v) is 13.9. The Morgan fingerprint density at radius 3 is 2.50 bits per heavy atom. The van der Waals surface area contributed by atoms with E-state index in [4.69, 9.17) is 5.11 Å². The van der Waals surface area contributed by atoms with E-state index >= 15 is 0 Å². The van der Waals surface area contributed by atoms with Crippen molar-refractivity contribution in [3.05, 3.63) is 60.4 Å². The lowest BCUT2D eigenvalue weighted by molar-refractivity contribution is -0.131. The van der Waals surface area contributed by atoms with Gasteiger partial charge < -0.3 is 9.84 Å². The molecule has 1 aliphatic rings. The molecule has 0 bridgehead atoms. The number of ether oxygens (including phenoxy) is 1. The van der Waals surface area contributed by atoms with E-state index in [0.29, 0.717) is 5.92 Å². The Morgan fingerprint density at radius 2 is 1.88 bits per heavy atom. The highest BCUT2D eigenvalue weighted by Gasteiger charge is 2.11. The van der Waals surface area contributed by atoms with Crippen LogP contribution in [-0.2, 0) is 9.53 Å². The van der Waals surface area contributed by atoms with E-state index in [0.717, 1.165) is 17.9 Å². The molecule has 0 unspecified atom stereocenters. The van der Waals surface area contributed by atoms with Gasteiger partial charge in [-0.15, -0.1) is 0 Å². The van der Waals surface area contributed by atoms with E-state index in [2.05, 4.69) is 59.0 Å². The average Bonchev–Trinajstić information content (AvgIpc) is 3.12. The second kappa shape index (κ2) is 9.42. The van der Waals surface area contributed by atoms with E-state index in [9.17, 15) is 4.79 Å². The number of aliphatic carboxylic acids is 1. The molecule has 3 rings (SSSR count). The SMILES string of the molecule is C(#CC1CCCC1)c1ccc2ccccc2c1.COC=CC(=O)O. The fraction of sp³-hybridized carbons (Fsp3) is 0.286. The minimum absolute atomic E-state index is 0.640. The monoisotopic (exact) mass is 322 g/mol.